The molecule has 436 valence electrons. The van der Waals surface area contributed by atoms with E-state index in [-0.39, 0.29) is 64.0 Å². The van der Waals surface area contributed by atoms with E-state index in [1.807, 2.05) is 31.2 Å². The number of unbranched alkanes of at least 4 members (excludes halogenated alkanes) is 2. The van der Waals surface area contributed by atoms with Crippen LogP contribution < -0.4 is 60.6 Å². The second-order valence-corrected chi connectivity index (χ2v) is 19.9. The summed E-state index contributed by atoms with van der Waals surface area (Å²) in [6.45, 7) is 5.51. The predicted octanol–water partition coefficient (Wildman–Crippen LogP) is -2.23. The van der Waals surface area contributed by atoms with Gasteiger partial charge in [0, 0.05) is 63.9 Å². The van der Waals surface area contributed by atoms with Crippen LogP contribution >= 0.6 is 0 Å². The Morgan fingerprint density at radius 1 is 0.713 bits per heavy atom. The van der Waals surface area contributed by atoms with Crippen molar-refractivity contribution < 1.29 is 53.0 Å². The number of fused-ring (bicyclic) bond motifs is 1. The molecule has 0 radical (unpaired) electrons. The second-order valence-electron chi connectivity index (χ2n) is 19.9. The number of primary amides is 2. The van der Waals surface area contributed by atoms with Gasteiger partial charge in [-0.15, -0.1) is 0 Å². The number of guanidine groups is 1. The highest BCUT2D eigenvalue weighted by Crippen LogP contribution is 2.26. The Kier molecular flexibility index (Phi) is 25.1. The number of nitrogens with two attached hydrogens (primary N) is 5. The third-order valence-electron chi connectivity index (χ3n) is 13.7. The molecule has 27 nitrogen and oxygen atoms in total. The van der Waals surface area contributed by atoms with Crippen LogP contribution in [-0.4, -0.2) is 166 Å². The van der Waals surface area contributed by atoms with E-state index >= 15 is 9.59 Å². The molecule has 27 heteroatoms. The van der Waals surface area contributed by atoms with Crippen LogP contribution in [0.5, 0.6) is 0 Å². The van der Waals surface area contributed by atoms with Gasteiger partial charge in [-0.25, -0.2) is 9.78 Å². The van der Waals surface area contributed by atoms with Crippen LogP contribution in [0, 0.1) is 0 Å². The molecule has 1 fully saturated rings. The molecule has 1 aromatic heterocycles. The standard InChI is InChI=1S/C53H78N16O11/c1-2-3-11-38(67-53(58)79)46(73)66-42(27-44(70)71)49(76)65-41(26-36-28-59-31-61-36)48(75)64-40(24-32-14-16-33(17-15-32)29-68-20-22-80-23-21-68)47(74)63-39(13-8-19-60-52(56)57)51(78)69-30-35-10-5-4-9-34(35)25-43(69)50(77)62-37(45(55)72)12-6-7-18-54/h4-5,9-10,14-17,28,31,37-43H,2-3,6-8,11-13,18-27,29-30,54H2,1H3,(H2,55,72)(H,59,61)(H,62,77)(H,63,74)(H,64,75)(H,65,76)(H,66,73)(H,70,71)(H4,56,57,60)(H3,58,67,79)/t37-,38-,39-,40+,41-,42-,43-/m0/s1. The van der Waals surface area contributed by atoms with Crippen molar-refractivity contribution in [2.45, 2.75) is 139 Å². The molecule has 2 aliphatic heterocycles. The number of aromatic amines is 1. The van der Waals surface area contributed by atoms with E-state index in [1.54, 1.807) is 24.3 Å². The van der Waals surface area contributed by atoms with Gasteiger partial charge in [-0.3, -0.25) is 48.2 Å². The van der Waals surface area contributed by atoms with E-state index < -0.39 is 102 Å². The Morgan fingerprint density at radius 2 is 1.31 bits per heavy atom. The minimum atomic E-state index is -1.76. The lowest BCUT2D eigenvalue weighted by Gasteiger charge is -2.38. The predicted molar refractivity (Wildman–Crippen MR) is 293 cm³/mol. The molecule has 3 heterocycles. The maximum atomic E-state index is 15.2. The summed E-state index contributed by atoms with van der Waals surface area (Å²) in [6, 6.07) is 4.01. The van der Waals surface area contributed by atoms with Crippen LogP contribution in [0.1, 0.15) is 92.7 Å². The topological polar surface area (TPSA) is 433 Å². The summed E-state index contributed by atoms with van der Waals surface area (Å²) in [4.78, 5) is 138. The minimum absolute atomic E-state index is 0.0497. The number of urea groups is 1. The molecule has 0 bridgehead atoms. The third-order valence-corrected chi connectivity index (χ3v) is 13.7. The number of aliphatic imine (C=N–C) groups is 1. The maximum absolute atomic E-state index is 15.2. The molecule has 0 aliphatic carbocycles. The number of carboxylic acids is 1. The van der Waals surface area contributed by atoms with E-state index in [0.717, 1.165) is 29.8 Å². The summed E-state index contributed by atoms with van der Waals surface area (Å²) in [5, 5.41) is 25.4. The van der Waals surface area contributed by atoms with E-state index in [2.05, 4.69) is 51.8 Å². The van der Waals surface area contributed by atoms with Crippen LogP contribution in [0.4, 0.5) is 4.79 Å². The molecule has 0 saturated carbocycles. The summed E-state index contributed by atoms with van der Waals surface area (Å²) in [5.41, 5.74) is 31.4. The zero-order valence-electron chi connectivity index (χ0n) is 45.2. The Labute approximate surface area is 464 Å². The van der Waals surface area contributed by atoms with Crippen molar-refractivity contribution in [3.8, 4) is 0 Å². The molecule has 2 aliphatic rings. The number of aliphatic carboxylic acids is 1. The number of rotatable bonds is 32. The van der Waals surface area contributed by atoms with Gasteiger partial charge in [0.05, 0.1) is 26.0 Å². The zero-order valence-corrected chi connectivity index (χ0v) is 45.2. The van der Waals surface area contributed by atoms with Crippen LogP contribution in [0.3, 0.4) is 0 Å². The van der Waals surface area contributed by atoms with Gasteiger partial charge in [0.1, 0.15) is 42.3 Å². The molecule has 0 spiro atoms. The molecule has 1 saturated heterocycles. The van der Waals surface area contributed by atoms with Crippen LogP contribution in [0.25, 0.3) is 0 Å². The van der Waals surface area contributed by atoms with Crippen molar-refractivity contribution in [3.05, 3.63) is 89.0 Å². The van der Waals surface area contributed by atoms with Crippen molar-refractivity contribution in [1.29, 1.82) is 0 Å². The number of carbonyl (C=O) groups is 9. The highest BCUT2D eigenvalue weighted by Gasteiger charge is 2.40. The minimum Gasteiger partial charge on any atom is -0.481 e. The van der Waals surface area contributed by atoms with Crippen molar-refractivity contribution in [3.63, 3.8) is 0 Å². The number of morpholine rings is 1. The zero-order chi connectivity index (χ0) is 58.1. The Morgan fingerprint density at radius 3 is 1.93 bits per heavy atom. The number of imidazole rings is 1. The van der Waals surface area contributed by atoms with E-state index in [1.165, 1.54) is 17.4 Å². The van der Waals surface area contributed by atoms with E-state index in [4.69, 9.17) is 33.4 Å². The van der Waals surface area contributed by atoms with Crippen LogP contribution in [-0.2, 0) is 75.4 Å². The quantitative estimate of drug-likeness (QED) is 0.0179. The number of carboxylic acid groups (broad SMARTS) is 1. The lowest BCUT2D eigenvalue weighted by Crippen LogP contribution is -2.62. The average Bonchev–Trinajstić information content (AvgIpc) is 4.01. The Balaban J connectivity index is 1.50. The molecular formula is C53H78N16O11. The highest BCUT2D eigenvalue weighted by molar-refractivity contribution is 5.98. The van der Waals surface area contributed by atoms with Gasteiger partial charge in [-0.1, -0.05) is 68.3 Å². The normalized spacial score (nSPS) is 16.4. The van der Waals surface area contributed by atoms with Gasteiger partial charge in [-0.2, -0.15) is 0 Å². The molecule has 2 aromatic carbocycles. The Bertz CT molecular complexity index is 2590. The number of hydrogen-bond acceptors (Lipinski definition) is 14. The summed E-state index contributed by atoms with van der Waals surface area (Å²) in [6.07, 6.45) is 4.04. The molecule has 9 amide bonds. The lowest BCUT2D eigenvalue weighted by molar-refractivity contribution is -0.145. The number of carbonyl (C=O) groups excluding carboxylic acids is 8. The summed E-state index contributed by atoms with van der Waals surface area (Å²) in [5.74, 6) is -7.52. The molecule has 18 N–H and O–H groups in total. The number of aromatic nitrogens is 2. The summed E-state index contributed by atoms with van der Waals surface area (Å²) >= 11 is 0. The highest BCUT2D eigenvalue weighted by atomic mass is 16.5. The van der Waals surface area contributed by atoms with Gasteiger partial charge < -0.3 is 80.3 Å². The van der Waals surface area contributed by atoms with Gasteiger partial charge in [0.2, 0.25) is 41.4 Å². The lowest BCUT2D eigenvalue weighted by atomic mass is 9.92. The summed E-state index contributed by atoms with van der Waals surface area (Å²) in [7, 11) is 0. The second kappa shape index (κ2) is 32.0. The van der Waals surface area contributed by atoms with Gasteiger partial charge in [0.25, 0.3) is 0 Å². The molecular weight excluding hydrogens is 1040 g/mol. The van der Waals surface area contributed by atoms with Gasteiger partial charge in [-0.05, 0) is 67.3 Å². The molecule has 0 unspecified atom stereocenters. The number of hydrogen-bond donors (Lipinski definition) is 13. The largest absolute Gasteiger partial charge is 0.481 e. The van der Waals surface area contributed by atoms with E-state index in [9.17, 15) is 38.7 Å². The number of ether oxygens (including phenoxy) is 1. The first-order valence-corrected chi connectivity index (χ1v) is 26.9. The van der Waals surface area contributed by atoms with E-state index in [0.29, 0.717) is 63.2 Å². The van der Waals surface area contributed by atoms with Crippen LogP contribution in [0.15, 0.2) is 66.0 Å². The van der Waals surface area contributed by atoms with Gasteiger partial charge >= 0.3 is 12.0 Å². The molecule has 7 atom stereocenters. The fourth-order valence-electron chi connectivity index (χ4n) is 9.39. The number of benzene rings is 2. The smallest absolute Gasteiger partial charge is 0.312 e. The Hall–Kier alpha value is -8.17. The van der Waals surface area contributed by atoms with Crippen molar-refractivity contribution >= 4 is 59.3 Å². The van der Waals surface area contributed by atoms with Crippen molar-refractivity contribution in [2.24, 2.45) is 33.7 Å². The first kappa shape index (κ1) is 62.7. The fraction of sp³-hybridized carbons (Fsp3) is 0.528. The molecule has 80 heavy (non-hydrogen) atoms. The fourth-order valence-corrected chi connectivity index (χ4v) is 9.39. The third kappa shape index (κ3) is 20.2. The molecule has 5 rings (SSSR count). The number of nitrogens with one attached hydrogen (secondary N) is 7. The van der Waals surface area contributed by atoms with Crippen molar-refractivity contribution in [2.75, 3.05) is 39.4 Å². The van der Waals surface area contributed by atoms with Crippen molar-refractivity contribution in [1.82, 2.24) is 51.7 Å². The number of amides is 9. The first-order chi connectivity index (χ1) is 38.3. The van der Waals surface area contributed by atoms with Crippen LogP contribution in [0.2, 0.25) is 0 Å². The average molecular weight is 1120 g/mol. The number of H-pyrrole nitrogens is 1. The first-order valence-electron chi connectivity index (χ1n) is 26.9. The monoisotopic (exact) mass is 1110 g/mol. The number of nitrogens with zero attached hydrogens (tertiary/aromatic N) is 4. The summed E-state index contributed by atoms with van der Waals surface area (Å²) < 4.78 is 5.50. The SMILES string of the molecule is CCCC[C@H](NC(N)=O)C(=O)N[C@@H](CC(=O)O)C(=O)N[C@@H](Cc1cnc[nH]1)C(=O)N[C@H](Cc1ccc(CN2CCOCC2)cc1)C(=O)N[C@@H](CCCN=C(N)N)C(=O)N1Cc2ccccc2C[C@H]1C(=O)N[C@@H](CCCCN)C(N)=O. The maximum Gasteiger partial charge on any atom is 0.312 e. The molecule has 3 aromatic rings. The van der Waals surface area contributed by atoms with Gasteiger partial charge in [0.15, 0.2) is 5.96 Å².